The van der Waals surface area contributed by atoms with Gasteiger partial charge in [-0.2, -0.15) is 0 Å². The fraction of sp³-hybridized carbons (Fsp3) is 0.381. The summed E-state index contributed by atoms with van der Waals surface area (Å²) in [5.74, 6) is 0. The van der Waals surface area contributed by atoms with Crippen LogP contribution in [0.25, 0.3) is 0 Å². The lowest BCUT2D eigenvalue weighted by Crippen LogP contribution is -2.43. The highest BCUT2D eigenvalue weighted by Crippen LogP contribution is 2.18. The van der Waals surface area contributed by atoms with Crippen molar-refractivity contribution in [1.29, 1.82) is 0 Å². The van der Waals surface area contributed by atoms with Crippen molar-refractivity contribution < 1.29 is 9.59 Å². The summed E-state index contributed by atoms with van der Waals surface area (Å²) >= 11 is 5.94. The van der Waals surface area contributed by atoms with Gasteiger partial charge in [-0.05, 0) is 49.1 Å². The smallest absolute Gasteiger partial charge is 0.323 e. The molecule has 4 N–H and O–H groups in total. The van der Waals surface area contributed by atoms with E-state index in [1.807, 2.05) is 6.07 Å². The number of hydrogen-bond donors (Lipinski definition) is 4. The zero-order valence-corrected chi connectivity index (χ0v) is 17.0. The number of anilines is 2. The Morgan fingerprint density at radius 2 is 1.90 bits per heavy atom. The number of nitrogens with zero attached hydrogens (tertiary/aromatic N) is 1. The molecule has 1 aliphatic carbocycles. The first-order valence-corrected chi connectivity index (χ1v) is 10.3. The van der Waals surface area contributed by atoms with Gasteiger partial charge in [0.1, 0.15) is 0 Å². The van der Waals surface area contributed by atoms with E-state index in [1.165, 1.54) is 19.3 Å². The number of rotatable bonds is 6. The van der Waals surface area contributed by atoms with Gasteiger partial charge in [-0.1, -0.05) is 36.9 Å². The summed E-state index contributed by atoms with van der Waals surface area (Å²) in [7, 11) is 0. The van der Waals surface area contributed by atoms with E-state index in [0.29, 0.717) is 29.4 Å². The first-order valence-electron chi connectivity index (χ1n) is 9.91. The molecule has 1 aromatic heterocycles. The van der Waals surface area contributed by atoms with Crippen molar-refractivity contribution in [3.05, 3.63) is 53.3 Å². The zero-order chi connectivity index (χ0) is 20.5. The van der Waals surface area contributed by atoms with Crippen LogP contribution in [0.1, 0.15) is 37.7 Å². The number of halogens is 1. The highest BCUT2D eigenvalue weighted by Gasteiger charge is 2.15. The fourth-order valence-corrected chi connectivity index (χ4v) is 3.59. The lowest BCUT2D eigenvalue weighted by molar-refractivity contribution is 0.233. The molecule has 8 heteroatoms. The van der Waals surface area contributed by atoms with Crippen molar-refractivity contribution in [2.45, 2.75) is 44.6 Å². The van der Waals surface area contributed by atoms with Crippen molar-refractivity contribution in [2.75, 3.05) is 17.2 Å². The monoisotopic (exact) mass is 415 g/mol. The fourth-order valence-electron chi connectivity index (χ4n) is 3.40. The van der Waals surface area contributed by atoms with Gasteiger partial charge in [0, 0.05) is 29.5 Å². The topological polar surface area (TPSA) is 95.2 Å². The van der Waals surface area contributed by atoms with E-state index in [0.717, 1.165) is 18.4 Å². The third-order valence-electron chi connectivity index (χ3n) is 4.86. The largest absolute Gasteiger partial charge is 0.338 e. The number of carbonyl (C=O) groups excluding carboxylic acids is 2. The molecule has 7 nitrogen and oxygen atoms in total. The number of carbonyl (C=O) groups is 2. The van der Waals surface area contributed by atoms with Crippen LogP contribution in [0.4, 0.5) is 21.0 Å². The second-order valence-corrected chi connectivity index (χ2v) is 7.54. The quantitative estimate of drug-likeness (QED) is 0.557. The van der Waals surface area contributed by atoms with Crippen LogP contribution in [0.15, 0.2) is 42.7 Å². The van der Waals surface area contributed by atoms with Crippen LogP contribution in [-0.4, -0.2) is 29.6 Å². The molecule has 1 saturated carbocycles. The van der Waals surface area contributed by atoms with E-state index in [4.69, 9.17) is 11.6 Å². The molecule has 29 heavy (non-hydrogen) atoms. The van der Waals surface area contributed by atoms with Crippen molar-refractivity contribution in [2.24, 2.45) is 0 Å². The number of aromatic nitrogens is 1. The van der Waals surface area contributed by atoms with Gasteiger partial charge < -0.3 is 21.3 Å². The Balaban J connectivity index is 1.48. The maximum Gasteiger partial charge on any atom is 0.323 e. The molecule has 0 bridgehead atoms. The van der Waals surface area contributed by atoms with E-state index in [1.54, 1.807) is 36.7 Å². The van der Waals surface area contributed by atoms with Crippen LogP contribution in [-0.2, 0) is 6.42 Å². The molecule has 2 aromatic rings. The second kappa shape index (κ2) is 10.7. The molecule has 0 unspecified atom stereocenters. The molecule has 3 rings (SSSR count). The van der Waals surface area contributed by atoms with Crippen molar-refractivity contribution in [1.82, 2.24) is 15.6 Å². The van der Waals surface area contributed by atoms with Crippen LogP contribution in [0.2, 0.25) is 5.02 Å². The predicted octanol–water partition coefficient (Wildman–Crippen LogP) is 4.55. The number of urea groups is 2. The molecule has 0 atom stereocenters. The van der Waals surface area contributed by atoms with Gasteiger partial charge in [0.2, 0.25) is 0 Å². The minimum absolute atomic E-state index is 0.140. The molecule has 0 spiro atoms. The number of amides is 4. The van der Waals surface area contributed by atoms with Gasteiger partial charge in [-0.3, -0.25) is 4.98 Å². The minimum atomic E-state index is -0.385. The molecule has 1 fully saturated rings. The van der Waals surface area contributed by atoms with Crippen LogP contribution < -0.4 is 21.3 Å². The number of nitrogens with one attached hydrogen (secondary N) is 4. The van der Waals surface area contributed by atoms with E-state index >= 15 is 0 Å². The van der Waals surface area contributed by atoms with E-state index in [9.17, 15) is 9.59 Å². The Morgan fingerprint density at radius 3 is 2.69 bits per heavy atom. The van der Waals surface area contributed by atoms with Gasteiger partial charge in [-0.15, -0.1) is 0 Å². The predicted molar refractivity (Wildman–Crippen MR) is 115 cm³/mol. The highest BCUT2D eigenvalue weighted by molar-refractivity contribution is 6.30. The Morgan fingerprint density at radius 1 is 1.07 bits per heavy atom. The maximum atomic E-state index is 12.3. The Kier molecular flexibility index (Phi) is 7.69. The third-order valence-corrected chi connectivity index (χ3v) is 5.10. The number of pyridine rings is 1. The summed E-state index contributed by atoms with van der Waals surface area (Å²) in [4.78, 5) is 28.4. The van der Waals surface area contributed by atoms with Crippen molar-refractivity contribution >= 4 is 35.0 Å². The summed E-state index contributed by atoms with van der Waals surface area (Å²) in [5, 5.41) is 12.0. The lowest BCUT2D eigenvalue weighted by atomic mass is 9.96. The molecule has 0 saturated heterocycles. The molecule has 154 valence electrons. The summed E-state index contributed by atoms with van der Waals surface area (Å²) in [6.45, 7) is 0.465. The first kappa shape index (κ1) is 20.9. The second-order valence-electron chi connectivity index (χ2n) is 7.11. The standard InChI is InChI=1S/C21H26ClN5O2/c22-16-5-4-8-18(13-16)26-21(29)27-19-14-23-11-9-15(19)10-12-24-20(28)25-17-6-2-1-3-7-17/h4-5,8-9,11,13-14,17H,1-3,6-7,10,12H2,(H2,24,25,28)(H2,26,27,29). The molecule has 0 radical (unpaired) electrons. The molecule has 4 amide bonds. The average molecular weight is 416 g/mol. The van der Waals surface area contributed by atoms with E-state index < -0.39 is 0 Å². The molecule has 0 aliphatic heterocycles. The van der Waals surface area contributed by atoms with Crippen molar-refractivity contribution in [3.8, 4) is 0 Å². The van der Waals surface area contributed by atoms with Crippen LogP contribution in [0.5, 0.6) is 0 Å². The number of benzene rings is 1. The van der Waals surface area contributed by atoms with Gasteiger partial charge in [-0.25, -0.2) is 9.59 Å². The van der Waals surface area contributed by atoms with Crippen LogP contribution in [0, 0.1) is 0 Å². The Bertz CT molecular complexity index is 839. The van der Waals surface area contributed by atoms with Gasteiger partial charge in [0.25, 0.3) is 0 Å². The molecule has 1 aromatic carbocycles. The lowest BCUT2D eigenvalue weighted by Gasteiger charge is -2.22. The molecule has 1 heterocycles. The van der Waals surface area contributed by atoms with E-state index in [2.05, 4.69) is 26.3 Å². The minimum Gasteiger partial charge on any atom is -0.338 e. The zero-order valence-electron chi connectivity index (χ0n) is 16.2. The summed E-state index contributed by atoms with van der Waals surface area (Å²) in [5.41, 5.74) is 2.09. The van der Waals surface area contributed by atoms with Gasteiger partial charge in [0.15, 0.2) is 0 Å². The summed E-state index contributed by atoms with van der Waals surface area (Å²) in [6, 6.07) is 8.50. The Labute approximate surface area is 175 Å². The van der Waals surface area contributed by atoms with Gasteiger partial charge >= 0.3 is 12.1 Å². The molecular weight excluding hydrogens is 390 g/mol. The average Bonchev–Trinajstić information content (AvgIpc) is 2.70. The Hall–Kier alpha value is -2.80. The first-order chi connectivity index (χ1) is 14.1. The molecule has 1 aliphatic rings. The highest BCUT2D eigenvalue weighted by atomic mass is 35.5. The van der Waals surface area contributed by atoms with Crippen LogP contribution in [0.3, 0.4) is 0 Å². The SMILES string of the molecule is O=C(Nc1cccc(Cl)c1)Nc1cnccc1CCNC(=O)NC1CCCCC1. The normalized spacial score (nSPS) is 14.1. The number of hydrogen-bond acceptors (Lipinski definition) is 3. The maximum absolute atomic E-state index is 12.3. The van der Waals surface area contributed by atoms with Gasteiger partial charge in [0.05, 0.1) is 11.9 Å². The van der Waals surface area contributed by atoms with Crippen LogP contribution >= 0.6 is 11.6 Å². The summed E-state index contributed by atoms with van der Waals surface area (Å²) < 4.78 is 0. The molecular formula is C21H26ClN5O2. The summed E-state index contributed by atoms with van der Waals surface area (Å²) in [6.07, 6.45) is 9.53. The third kappa shape index (κ3) is 6.94. The van der Waals surface area contributed by atoms with E-state index in [-0.39, 0.29) is 18.1 Å². The van der Waals surface area contributed by atoms with Crippen molar-refractivity contribution in [3.63, 3.8) is 0 Å².